The number of carbonyl (C=O) groups excluding carboxylic acids is 1. The van der Waals surface area contributed by atoms with Gasteiger partial charge in [0.15, 0.2) is 11.5 Å². The predicted molar refractivity (Wildman–Crippen MR) is 68.9 cm³/mol. The van der Waals surface area contributed by atoms with Gasteiger partial charge in [-0.3, -0.25) is 4.79 Å². The molecule has 2 rings (SSSR count). The Hall–Kier alpha value is -1.79. The fourth-order valence-corrected chi connectivity index (χ4v) is 1.87. The summed E-state index contributed by atoms with van der Waals surface area (Å²) in [6, 6.07) is 5.60. The van der Waals surface area contributed by atoms with Crippen LogP contribution in [0.5, 0.6) is 11.5 Å². The van der Waals surface area contributed by atoms with Crippen LogP contribution in [-0.4, -0.2) is 32.5 Å². The second kappa shape index (κ2) is 6.40. The molecule has 1 amide bonds. The standard InChI is InChI=1S/C13H18N2O4/c1-17-10(6-14)5-12(16)15-7-9-3-2-4-11-13(9)19-8-18-11/h2-4,10H,5-8,14H2,1H3,(H,15,16). The van der Waals surface area contributed by atoms with Gasteiger partial charge in [-0.1, -0.05) is 12.1 Å². The molecule has 6 heteroatoms. The largest absolute Gasteiger partial charge is 0.454 e. The Morgan fingerprint density at radius 1 is 1.53 bits per heavy atom. The van der Waals surface area contributed by atoms with E-state index in [9.17, 15) is 4.79 Å². The molecule has 1 aliphatic heterocycles. The Bertz CT molecular complexity index is 446. The van der Waals surface area contributed by atoms with Crippen LogP contribution in [0.25, 0.3) is 0 Å². The predicted octanol–water partition coefficient (Wildman–Crippen LogP) is 0.395. The number of hydrogen-bond acceptors (Lipinski definition) is 5. The Kier molecular flexibility index (Phi) is 4.59. The van der Waals surface area contributed by atoms with Crippen LogP contribution in [-0.2, 0) is 16.1 Å². The summed E-state index contributed by atoms with van der Waals surface area (Å²) in [6.45, 7) is 0.938. The minimum atomic E-state index is -0.249. The number of methoxy groups -OCH3 is 1. The maximum absolute atomic E-state index is 11.7. The van der Waals surface area contributed by atoms with Crippen LogP contribution < -0.4 is 20.5 Å². The molecule has 6 nitrogen and oxygen atoms in total. The highest BCUT2D eigenvalue weighted by Crippen LogP contribution is 2.35. The zero-order valence-electron chi connectivity index (χ0n) is 10.8. The van der Waals surface area contributed by atoms with Gasteiger partial charge in [0.05, 0.1) is 12.5 Å². The summed E-state index contributed by atoms with van der Waals surface area (Å²) in [5.74, 6) is 1.31. The topological polar surface area (TPSA) is 82.8 Å². The van der Waals surface area contributed by atoms with Crippen LogP contribution >= 0.6 is 0 Å². The minimum Gasteiger partial charge on any atom is -0.454 e. The number of rotatable bonds is 6. The van der Waals surface area contributed by atoms with Gasteiger partial charge in [0.1, 0.15) is 0 Å². The normalized spacial score (nSPS) is 14.2. The number of para-hydroxylation sites is 1. The molecule has 0 aromatic heterocycles. The second-order valence-corrected chi connectivity index (χ2v) is 4.23. The molecule has 19 heavy (non-hydrogen) atoms. The molecular formula is C13H18N2O4. The van der Waals surface area contributed by atoms with Crippen LogP contribution in [0.1, 0.15) is 12.0 Å². The van der Waals surface area contributed by atoms with Gasteiger partial charge in [-0.2, -0.15) is 0 Å². The molecule has 0 aliphatic carbocycles. The van der Waals surface area contributed by atoms with Gasteiger partial charge >= 0.3 is 0 Å². The van der Waals surface area contributed by atoms with Gasteiger partial charge in [0, 0.05) is 25.8 Å². The summed E-state index contributed by atoms with van der Waals surface area (Å²) in [7, 11) is 1.54. The first-order chi connectivity index (χ1) is 9.24. The van der Waals surface area contributed by atoms with Crippen molar-refractivity contribution in [1.29, 1.82) is 0 Å². The lowest BCUT2D eigenvalue weighted by atomic mass is 10.1. The van der Waals surface area contributed by atoms with E-state index in [0.717, 1.165) is 5.56 Å². The first-order valence-corrected chi connectivity index (χ1v) is 6.11. The SMILES string of the molecule is COC(CN)CC(=O)NCc1cccc2c1OCO2. The third-order valence-corrected chi connectivity index (χ3v) is 2.96. The number of hydrogen-bond donors (Lipinski definition) is 2. The van der Waals surface area contributed by atoms with Crippen molar-refractivity contribution in [3.05, 3.63) is 23.8 Å². The van der Waals surface area contributed by atoms with Crippen molar-refractivity contribution >= 4 is 5.91 Å². The summed E-state index contributed by atoms with van der Waals surface area (Å²) in [6.07, 6.45) is 0.000378. The maximum atomic E-state index is 11.7. The number of fused-ring (bicyclic) bond motifs is 1. The van der Waals surface area contributed by atoms with Crippen molar-refractivity contribution < 1.29 is 19.0 Å². The second-order valence-electron chi connectivity index (χ2n) is 4.23. The third-order valence-electron chi connectivity index (χ3n) is 2.96. The number of nitrogens with one attached hydrogen (secondary N) is 1. The molecule has 0 bridgehead atoms. The Morgan fingerprint density at radius 3 is 3.11 bits per heavy atom. The molecule has 0 saturated carbocycles. The van der Waals surface area contributed by atoms with Crippen molar-refractivity contribution in [2.24, 2.45) is 5.73 Å². The number of benzene rings is 1. The van der Waals surface area contributed by atoms with E-state index in [-0.39, 0.29) is 25.2 Å². The lowest BCUT2D eigenvalue weighted by Crippen LogP contribution is -2.31. The van der Waals surface area contributed by atoms with Crippen molar-refractivity contribution in [1.82, 2.24) is 5.32 Å². The van der Waals surface area contributed by atoms with Gasteiger partial charge in [-0.25, -0.2) is 0 Å². The molecule has 3 N–H and O–H groups in total. The fraction of sp³-hybridized carbons (Fsp3) is 0.462. The van der Waals surface area contributed by atoms with Gasteiger partial charge in [-0.05, 0) is 6.07 Å². The van der Waals surface area contributed by atoms with E-state index >= 15 is 0 Å². The molecule has 1 unspecified atom stereocenters. The highest BCUT2D eigenvalue weighted by Gasteiger charge is 2.18. The fourth-order valence-electron chi connectivity index (χ4n) is 1.87. The summed E-state index contributed by atoms with van der Waals surface area (Å²) < 4.78 is 15.7. The first kappa shape index (κ1) is 13.6. The lowest BCUT2D eigenvalue weighted by molar-refractivity contribution is -0.123. The molecule has 1 aromatic rings. The maximum Gasteiger partial charge on any atom is 0.231 e. The molecule has 0 fully saturated rings. The summed E-state index contributed by atoms with van der Waals surface area (Å²) >= 11 is 0. The molecule has 1 aromatic carbocycles. The van der Waals surface area contributed by atoms with E-state index in [1.807, 2.05) is 18.2 Å². The summed E-state index contributed by atoms with van der Waals surface area (Å²) in [4.78, 5) is 11.7. The summed E-state index contributed by atoms with van der Waals surface area (Å²) in [5.41, 5.74) is 6.36. The van der Waals surface area contributed by atoms with Gasteiger partial charge < -0.3 is 25.3 Å². The van der Waals surface area contributed by atoms with Gasteiger partial charge in [0.25, 0.3) is 0 Å². The van der Waals surface area contributed by atoms with Crippen molar-refractivity contribution in [3.8, 4) is 11.5 Å². The smallest absolute Gasteiger partial charge is 0.231 e. The van der Waals surface area contributed by atoms with Crippen molar-refractivity contribution in [2.75, 3.05) is 20.4 Å². The van der Waals surface area contributed by atoms with Crippen LogP contribution in [0.15, 0.2) is 18.2 Å². The van der Waals surface area contributed by atoms with Gasteiger partial charge in [0.2, 0.25) is 12.7 Å². The zero-order chi connectivity index (χ0) is 13.7. The Balaban J connectivity index is 1.89. The van der Waals surface area contributed by atoms with E-state index in [0.29, 0.717) is 24.6 Å². The van der Waals surface area contributed by atoms with E-state index in [4.69, 9.17) is 19.9 Å². The quantitative estimate of drug-likeness (QED) is 0.778. The van der Waals surface area contributed by atoms with E-state index in [2.05, 4.69) is 5.32 Å². The van der Waals surface area contributed by atoms with Crippen LogP contribution in [0.3, 0.4) is 0 Å². The molecule has 1 aliphatic rings. The van der Waals surface area contributed by atoms with E-state index in [1.54, 1.807) is 7.11 Å². The van der Waals surface area contributed by atoms with Crippen LogP contribution in [0, 0.1) is 0 Å². The average Bonchev–Trinajstić information content (AvgIpc) is 2.91. The molecule has 0 saturated heterocycles. The number of nitrogens with two attached hydrogens (primary N) is 1. The number of carbonyl (C=O) groups is 1. The molecule has 0 radical (unpaired) electrons. The van der Waals surface area contributed by atoms with E-state index < -0.39 is 0 Å². The van der Waals surface area contributed by atoms with E-state index in [1.165, 1.54) is 0 Å². The molecule has 104 valence electrons. The van der Waals surface area contributed by atoms with Crippen molar-refractivity contribution in [2.45, 2.75) is 19.1 Å². The highest BCUT2D eigenvalue weighted by atomic mass is 16.7. The Labute approximate surface area is 111 Å². The van der Waals surface area contributed by atoms with Crippen LogP contribution in [0.2, 0.25) is 0 Å². The monoisotopic (exact) mass is 266 g/mol. The highest BCUT2D eigenvalue weighted by molar-refractivity contribution is 5.76. The minimum absolute atomic E-state index is 0.103. The first-order valence-electron chi connectivity index (χ1n) is 6.11. The van der Waals surface area contributed by atoms with Crippen LogP contribution in [0.4, 0.5) is 0 Å². The lowest BCUT2D eigenvalue weighted by Gasteiger charge is -2.13. The summed E-state index contributed by atoms with van der Waals surface area (Å²) in [5, 5.41) is 2.82. The number of ether oxygens (including phenoxy) is 3. The van der Waals surface area contributed by atoms with Gasteiger partial charge in [-0.15, -0.1) is 0 Å². The molecule has 1 atom stereocenters. The average molecular weight is 266 g/mol. The van der Waals surface area contributed by atoms with Crippen molar-refractivity contribution in [3.63, 3.8) is 0 Å². The zero-order valence-corrected chi connectivity index (χ0v) is 10.8. The third kappa shape index (κ3) is 3.36. The molecule has 1 heterocycles. The Morgan fingerprint density at radius 2 is 2.37 bits per heavy atom. The molecule has 0 spiro atoms. The molecular weight excluding hydrogens is 248 g/mol. The number of amides is 1.